The second-order valence-corrected chi connectivity index (χ2v) is 7.42. The van der Waals surface area contributed by atoms with Crippen molar-refractivity contribution in [1.82, 2.24) is 14.8 Å². The SMILES string of the molecule is O=C(ON1C(=O)c2ccccc2C1=O)c1cc(-c2cccs2)n(-c2ccccc2)n1. The zero-order chi connectivity index (χ0) is 20.7. The van der Waals surface area contributed by atoms with E-state index in [9.17, 15) is 14.4 Å². The highest BCUT2D eigenvalue weighted by molar-refractivity contribution is 7.13. The maximum atomic E-state index is 12.8. The van der Waals surface area contributed by atoms with E-state index in [1.807, 2.05) is 47.8 Å². The highest BCUT2D eigenvalue weighted by Crippen LogP contribution is 2.29. The molecule has 146 valence electrons. The number of para-hydroxylation sites is 1. The Kier molecular flexibility index (Phi) is 4.26. The monoisotopic (exact) mass is 415 g/mol. The number of carbonyl (C=O) groups excluding carboxylic acids is 3. The molecule has 0 N–H and O–H groups in total. The number of rotatable bonds is 4. The third-order valence-corrected chi connectivity index (χ3v) is 5.52. The van der Waals surface area contributed by atoms with Crippen LogP contribution in [0.15, 0.2) is 78.2 Å². The molecule has 0 spiro atoms. The Morgan fingerprint density at radius 3 is 2.17 bits per heavy atom. The lowest BCUT2D eigenvalue weighted by molar-refractivity contribution is -0.0588. The van der Waals surface area contributed by atoms with E-state index in [1.54, 1.807) is 22.9 Å². The molecule has 1 aliphatic rings. The molecule has 7 nitrogen and oxygen atoms in total. The molecule has 0 aliphatic carbocycles. The summed E-state index contributed by atoms with van der Waals surface area (Å²) in [5.74, 6) is -2.24. The molecule has 0 saturated carbocycles. The van der Waals surface area contributed by atoms with Gasteiger partial charge in [0.2, 0.25) is 0 Å². The van der Waals surface area contributed by atoms with Gasteiger partial charge in [-0.1, -0.05) is 41.5 Å². The summed E-state index contributed by atoms with van der Waals surface area (Å²) in [4.78, 5) is 43.7. The minimum Gasteiger partial charge on any atom is -0.322 e. The second kappa shape index (κ2) is 7.09. The van der Waals surface area contributed by atoms with E-state index < -0.39 is 17.8 Å². The van der Waals surface area contributed by atoms with Gasteiger partial charge in [-0.3, -0.25) is 9.59 Å². The van der Waals surface area contributed by atoms with Gasteiger partial charge in [0, 0.05) is 6.07 Å². The number of hydroxylamine groups is 2. The first-order chi connectivity index (χ1) is 14.6. The summed E-state index contributed by atoms with van der Waals surface area (Å²) in [5, 5.41) is 6.79. The zero-order valence-electron chi connectivity index (χ0n) is 15.4. The second-order valence-electron chi connectivity index (χ2n) is 6.47. The summed E-state index contributed by atoms with van der Waals surface area (Å²) in [6, 6.07) is 21.1. The number of aromatic nitrogens is 2. The van der Waals surface area contributed by atoms with Gasteiger partial charge in [-0.2, -0.15) is 5.10 Å². The number of nitrogens with zero attached hydrogens (tertiary/aromatic N) is 3. The lowest BCUT2D eigenvalue weighted by atomic mass is 10.1. The topological polar surface area (TPSA) is 81.5 Å². The van der Waals surface area contributed by atoms with Crippen LogP contribution in [0.4, 0.5) is 0 Å². The summed E-state index contributed by atoms with van der Waals surface area (Å²) < 4.78 is 1.63. The van der Waals surface area contributed by atoms with Crippen LogP contribution in [0.3, 0.4) is 0 Å². The first kappa shape index (κ1) is 18.0. The van der Waals surface area contributed by atoms with E-state index in [2.05, 4.69) is 5.10 Å². The van der Waals surface area contributed by atoms with Crippen LogP contribution in [0.5, 0.6) is 0 Å². The maximum Gasteiger partial charge on any atom is 0.384 e. The van der Waals surface area contributed by atoms with Crippen molar-refractivity contribution in [2.75, 3.05) is 0 Å². The van der Waals surface area contributed by atoms with Crippen molar-refractivity contribution in [2.45, 2.75) is 0 Å². The Labute approximate surface area is 174 Å². The average molecular weight is 415 g/mol. The number of thiophene rings is 1. The van der Waals surface area contributed by atoms with E-state index in [0.717, 1.165) is 10.6 Å². The van der Waals surface area contributed by atoms with Crippen LogP contribution in [-0.2, 0) is 4.84 Å². The van der Waals surface area contributed by atoms with Gasteiger partial charge in [-0.05, 0) is 35.7 Å². The van der Waals surface area contributed by atoms with Crippen molar-refractivity contribution in [3.63, 3.8) is 0 Å². The van der Waals surface area contributed by atoms with E-state index >= 15 is 0 Å². The molecule has 3 heterocycles. The Morgan fingerprint density at radius 2 is 1.53 bits per heavy atom. The summed E-state index contributed by atoms with van der Waals surface area (Å²) in [7, 11) is 0. The smallest absolute Gasteiger partial charge is 0.322 e. The number of hydrogen-bond acceptors (Lipinski definition) is 6. The predicted molar refractivity (Wildman–Crippen MR) is 109 cm³/mol. The molecule has 0 saturated heterocycles. The zero-order valence-corrected chi connectivity index (χ0v) is 16.2. The van der Waals surface area contributed by atoms with Gasteiger partial charge < -0.3 is 4.84 Å². The quantitative estimate of drug-likeness (QED) is 0.471. The molecule has 5 rings (SSSR count). The largest absolute Gasteiger partial charge is 0.384 e. The number of imide groups is 1. The van der Waals surface area contributed by atoms with E-state index in [0.29, 0.717) is 10.8 Å². The number of amides is 2. The molecule has 0 fully saturated rings. The molecular formula is C22H13N3O4S. The Bertz CT molecular complexity index is 1240. The van der Waals surface area contributed by atoms with Crippen LogP contribution in [-0.4, -0.2) is 32.6 Å². The van der Waals surface area contributed by atoms with Crippen molar-refractivity contribution in [2.24, 2.45) is 0 Å². The van der Waals surface area contributed by atoms with Crippen LogP contribution in [0.1, 0.15) is 31.2 Å². The Balaban J connectivity index is 1.49. The molecule has 1 aliphatic heterocycles. The first-order valence-corrected chi connectivity index (χ1v) is 9.91. The highest BCUT2D eigenvalue weighted by Gasteiger charge is 2.39. The molecular weight excluding hydrogens is 402 g/mol. The van der Waals surface area contributed by atoms with Gasteiger partial charge in [0.15, 0.2) is 5.69 Å². The third kappa shape index (κ3) is 2.90. The average Bonchev–Trinajstić information content (AvgIpc) is 3.50. The van der Waals surface area contributed by atoms with E-state index in [4.69, 9.17) is 4.84 Å². The Hall–Kier alpha value is -4.04. The third-order valence-electron chi connectivity index (χ3n) is 4.62. The minimum absolute atomic E-state index is 0.0150. The van der Waals surface area contributed by atoms with Crippen molar-refractivity contribution in [3.05, 3.63) is 95.0 Å². The van der Waals surface area contributed by atoms with Crippen LogP contribution in [0, 0.1) is 0 Å². The predicted octanol–water partition coefficient (Wildman–Crippen LogP) is 3.97. The van der Waals surface area contributed by atoms with Crippen LogP contribution in [0.25, 0.3) is 16.3 Å². The minimum atomic E-state index is -0.892. The van der Waals surface area contributed by atoms with E-state index in [1.165, 1.54) is 23.5 Å². The highest BCUT2D eigenvalue weighted by atomic mass is 32.1. The molecule has 2 amide bonds. The van der Waals surface area contributed by atoms with Crippen molar-refractivity contribution < 1.29 is 19.2 Å². The molecule has 2 aromatic carbocycles. The molecule has 0 atom stereocenters. The lowest BCUT2D eigenvalue weighted by Gasteiger charge is -2.11. The maximum absolute atomic E-state index is 12.8. The van der Waals surface area contributed by atoms with Crippen LogP contribution in [0.2, 0.25) is 0 Å². The van der Waals surface area contributed by atoms with Gasteiger partial charge in [-0.25, -0.2) is 9.48 Å². The molecule has 8 heteroatoms. The Morgan fingerprint density at radius 1 is 0.867 bits per heavy atom. The fourth-order valence-electron chi connectivity index (χ4n) is 3.23. The number of carbonyl (C=O) groups is 3. The fraction of sp³-hybridized carbons (Fsp3) is 0. The molecule has 0 unspecified atom stereocenters. The molecule has 4 aromatic rings. The van der Waals surface area contributed by atoms with Crippen molar-refractivity contribution in [1.29, 1.82) is 0 Å². The number of fused-ring (bicyclic) bond motifs is 1. The lowest BCUT2D eigenvalue weighted by Crippen LogP contribution is -2.32. The fourth-order valence-corrected chi connectivity index (χ4v) is 3.95. The molecule has 0 bridgehead atoms. The summed E-state index contributed by atoms with van der Waals surface area (Å²) >= 11 is 1.50. The van der Waals surface area contributed by atoms with Gasteiger partial charge in [0.05, 0.1) is 27.4 Å². The first-order valence-electron chi connectivity index (χ1n) is 9.03. The van der Waals surface area contributed by atoms with Crippen LogP contribution < -0.4 is 0 Å². The van der Waals surface area contributed by atoms with Gasteiger partial charge >= 0.3 is 5.97 Å². The van der Waals surface area contributed by atoms with Gasteiger partial charge in [-0.15, -0.1) is 11.3 Å². The normalized spacial score (nSPS) is 12.9. The van der Waals surface area contributed by atoms with Crippen LogP contribution >= 0.6 is 11.3 Å². The summed E-state index contributed by atoms with van der Waals surface area (Å²) in [6.45, 7) is 0. The van der Waals surface area contributed by atoms with Gasteiger partial charge in [0.1, 0.15) is 0 Å². The van der Waals surface area contributed by atoms with Gasteiger partial charge in [0.25, 0.3) is 11.8 Å². The molecule has 2 aromatic heterocycles. The van der Waals surface area contributed by atoms with E-state index in [-0.39, 0.29) is 16.8 Å². The standard InChI is InChI=1S/C22H13N3O4S/c26-20-15-9-4-5-10-16(15)21(27)25(20)29-22(28)17-13-18(19-11-6-12-30-19)24(23-17)14-7-2-1-3-8-14/h1-13H. The number of hydrogen-bond donors (Lipinski definition) is 0. The van der Waals surface area contributed by atoms with Crippen molar-refractivity contribution >= 4 is 29.1 Å². The summed E-state index contributed by atoms with van der Waals surface area (Å²) in [6.07, 6.45) is 0. The summed E-state index contributed by atoms with van der Waals surface area (Å²) in [5.41, 5.74) is 1.85. The molecule has 30 heavy (non-hydrogen) atoms. The number of benzene rings is 2. The molecule has 0 radical (unpaired) electrons. The van der Waals surface area contributed by atoms with Crippen molar-refractivity contribution in [3.8, 4) is 16.3 Å².